The van der Waals surface area contributed by atoms with Gasteiger partial charge < -0.3 is 15.1 Å². The summed E-state index contributed by atoms with van der Waals surface area (Å²) in [5.41, 5.74) is 5.14. The Bertz CT molecular complexity index is 2070. The zero-order chi connectivity index (χ0) is 40.8. The number of sulfonamides is 1. The molecule has 3 aromatic carbocycles. The van der Waals surface area contributed by atoms with Gasteiger partial charge in [0.2, 0.25) is 15.9 Å². The van der Waals surface area contributed by atoms with Crippen molar-refractivity contribution in [1.82, 2.24) is 29.8 Å². The van der Waals surface area contributed by atoms with Crippen LogP contribution in [-0.4, -0.2) is 89.7 Å². The van der Waals surface area contributed by atoms with E-state index in [1.54, 1.807) is 18.2 Å². The first-order valence-corrected chi connectivity index (χ1v) is 20.9. The molecule has 1 atom stereocenters. The number of piperidine rings is 2. The Morgan fingerprint density at radius 2 is 1.44 bits per heavy atom. The Morgan fingerprint density at radius 1 is 0.860 bits per heavy atom. The molecule has 2 aliphatic heterocycles. The van der Waals surface area contributed by atoms with E-state index in [4.69, 9.17) is 0 Å². The van der Waals surface area contributed by atoms with Crippen LogP contribution in [0.1, 0.15) is 77.1 Å². The number of aromatic nitrogens is 2. The zero-order valence-electron chi connectivity index (χ0n) is 32.5. The van der Waals surface area contributed by atoms with Crippen LogP contribution in [0.2, 0.25) is 0 Å². The van der Waals surface area contributed by atoms with Crippen LogP contribution in [0.3, 0.4) is 0 Å². The molecule has 0 aliphatic carbocycles. The van der Waals surface area contributed by atoms with Gasteiger partial charge >= 0.3 is 6.18 Å². The number of hydrogen-bond acceptors (Lipinski definition) is 8. The Kier molecular flexibility index (Phi) is 13.0. The van der Waals surface area contributed by atoms with Gasteiger partial charge in [-0.1, -0.05) is 72.8 Å². The SMILES string of the molecule is Cc1ncnc(C)c1C(=O)N1CCC(C)(N2CCC(N(Cc3ccccc3)c3ccc(CNC(=O)C(NS(=O)(=O)CC(F)(F)F)c4ccccc4)cc3)CC2)CC1. The van der Waals surface area contributed by atoms with E-state index in [-0.39, 0.29) is 29.6 Å². The summed E-state index contributed by atoms with van der Waals surface area (Å²) in [5, 5.41) is 2.70. The molecular weight excluding hydrogens is 756 g/mol. The molecule has 11 nitrogen and oxygen atoms in total. The summed E-state index contributed by atoms with van der Waals surface area (Å²) in [6.45, 7) is 9.96. The van der Waals surface area contributed by atoms with Gasteiger partial charge in [-0.3, -0.25) is 14.5 Å². The first-order valence-electron chi connectivity index (χ1n) is 19.2. The van der Waals surface area contributed by atoms with Crippen LogP contribution in [-0.2, 0) is 27.9 Å². The minimum atomic E-state index is -4.96. The number of alkyl halides is 3. The van der Waals surface area contributed by atoms with Gasteiger partial charge in [-0.15, -0.1) is 0 Å². The van der Waals surface area contributed by atoms with Crippen molar-refractivity contribution in [1.29, 1.82) is 0 Å². The van der Waals surface area contributed by atoms with Crippen molar-refractivity contribution in [2.45, 2.75) is 83.3 Å². The van der Waals surface area contributed by atoms with Crippen LogP contribution in [0.5, 0.6) is 0 Å². The molecule has 2 aliphatic rings. The maximum Gasteiger partial charge on any atom is 0.404 e. The molecule has 4 aromatic rings. The Hall–Kier alpha value is -4.86. The lowest BCUT2D eigenvalue weighted by Crippen LogP contribution is -2.58. The molecule has 0 saturated carbocycles. The maximum atomic E-state index is 13.4. The van der Waals surface area contributed by atoms with E-state index < -0.39 is 33.9 Å². The van der Waals surface area contributed by atoms with E-state index in [1.807, 2.05) is 65.9 Å². The van der Waals surface area contributed by atoms with Gasteiger partial charge in [-0.25, -0.2) is 18.4 Å². The highest BCUT2D eigenvalue weighted by molar-refractivity contribution is 7.89. The Balaban J connectivity index is 1.09. The van der Waals surface area contributed by atoms with Gasteiger partial charge in [0.05, 0.1) is 17.0 Å². The highest BCUT2D eigenvalue weighted by Crippen LogP contribution is 2.34. The molecule has 0 bridgehead atoms. The molecule has 3 heterocycles. The lowest BCUT2D eigenvalue weighted by Gasteiger charge is -2.50. The second kappa shape index (κ2) is 17.7. The summed E-state index contributed by atoms with van der Waals surface area (Å²) in [6, 6.07) is 24.6. The fraction of sp³-hybridized carbons (Fsp3) is 0.429. The van der Waals surface area contributed by atoms with Crippen LogP contribution in [0.4, 0.5) is 18.9 Å². The number of nitrogens with one attached hydrogen (secondary N) is 2. The van der Waals surface area contributed by atoms with Crippen molar-refractivity contribution in [2.24, 2.45) is 0 Å². The Morgan fingerprint density at radius 3 is 2.02 bits per heavy atom. The summed E-state index contributed by atoms with van der Waals surface area (Å²) in [6.07, 6.45) is 0.197. The van der Waals surface area contributed by atoms with Crippen LogP contribution < -0.4 is 14.9 Å². The first kappa shape index (κ1) is 41.8. The van der Waals surface area contributed by atoms with Gasteiger partial charge in [0.15, 0.2) is 5.75 Å². The number of carbonyl (C=O) groups excluding carboxylic acids is 2. The van der Waals surface area contributed by atoms with Gasteiger partial charge in [-0.05, 0) is 75.3 Å². The third-order valence-corrected chi connectivity index (χ3v) is 12.5. The van der Waals surface area contributed by atoms with E-state index in [2.05, 4.69) is 44.1 Å². The molecule has 2 N–H and O–H groups in total. The molecule has 1 unspecified atom stereocenters. The normalized spacial score (nSPS) is 17.2. The second-order valence-corrected chi connectivity index (χ2v) is 17.0. The number of aryl methyl sites for hydroxylation is 2. The molecule has 6 rings (SSSR count). The predicted molar refractivity (Wildman–Crippen MR) is 213 cm³/mol. The lowest BCUT2D eigenvalue weighted by molar-refractivity contribution is -0.123. The summed E-state index contributed by atoms with van der Waals surface area (Å²) in [5.74, 6) is -2.86. The minimum Gasteiger partial charge on any atom is -0.364 e. The minimum absolute atomic E-state index is 0.00000767. The number of anilines is 1. The highest BCUT2D eigenvalue weighted by atomic mass is 32.2. The molecule has 304 valence electrons. The van der Waals surface area contributed by atoms with Gasteiger partial charge in [-0.2, -0.15) is 17.9 Å². The number of amides is 2. The van der Waals surface area contributed by atoms with E-state index in [0.29, 0.717) is 36.6 Å². The number of halogens is 3. The second-order valence-electron chi connectivity index (χ2n) is 15.3. The summed E-state index contributed by atoms with van der Waals surface area (Å²) in [7, 11) is -4.86. The number of carbonyl (C=O) groups is 2. The monoisotopic (exact) mass is 805 g/mol. The molecule has 2 amide bonds. The molecule has 57 heavy (non-hydrogen) atoms. The first-order chi connectivity index (χ1) is 27.1. The average Bonchev–Trinajstić information content (AvgIpc) is 3.18. The van der Waals surface area contributed by atoms with E-state index in [0.717, 1.165) is 50.0 Å². The zero-order valence-corrected chi connectivity index (χ0v) is 33.3. The fourth-order valence-corrected chi connectivity index (χ4v) is 9.07. The number of hydrogen-bond donors (Lipinski definition) is 2. The van der Waals surface area contributed by atoms with Gasteiger partial charge in [0.25, 0.3) is 5.91 Å². The number of benzene rings is 3. The smallest absolute Gasteiger partial charge is 0.364 e. The number of nitrogens with zero attached hydrogens (tertiary/aromatic N) is 5. The molecular formula is C42H50F3N7O4S. The van der Waals surface area contributed by atoms with Crippen molar-refractivity contribution in [3.05, 3.63) is 125 Å². The summed E-state index contributed by atoms with van der Waals surface area (Å²) >= 11 is 0. The molecule has 2 fully saturated rings. The summed E-state index contributed by atoms with van der Waals surface area (Å²) in [4.78, 5) is 42.2. The van der Waals surface area contributed by atoms with Crippen LogP contribution in [0.15, 0.2) is 91.3 Å². The van der Waals surface area contributed by atoms with Crippen molar-refractivity contribution in [3.8, 4) is 0 Å². The number of likely N-dealkylation sites (tertiary alicyclic amines) is 2. The van der Waals surface area contributed by atoms with Crippen LogP contribution in [0.25, 0.3) is 0 Å². The van der Waals surface area contributed by atoms with Crippen molar-refractivity contribution >= 4 is 27.5 Å². The van der Waals surface area contributed by atoms with E-state index >= 15 is 0 Å². The highest BCUT2D eigenvalue weighted by Gasteiger charge is 2.40. The largest absolute Gasteiger partial charge is 0.404 e. The quantitative estimate of drug-likeness (QED) is 0.166. The third kappa shape index (κ3) is 10.8. The average molecular weight is 806 g/mol. The number of rotatable bonds is 13. The van der Waals surface area contributed by atoms with Crippen LogP contribution in [0, 0.1) is 13.8 Å². The predicted octanol–water partition coefficient (Wildman–Crippen LogP) is 6.10. The maximum absolute atomic E-state index is 13.4. The van der Waals surface area contributed by atoms with Crippen molar-refractivity contribution in [3.63, 3.8) is 0 Å². The van der Waals surface area contributed by atoms with Crippen molar-refractivity contribution in [2.75, 3.05) is 36.8 Å². The molecule has 2 saturated heterocycles. The topological polar surface area (TPSA) is 128 Å². The molecule has 0 spiro atoms. The molecule has 0 radical (unpaired) electrons. The van der Waals surface area contributed by atoms with E-state index in [1.165, 1.54) is 24.0 Å². The van der Waals surface area contributed by atoms with Crippen LogP contribution >= 0.6 is 0 Å². The standard InChI is InChI=1S/C42H50F3N7O4S/c1-30-37(31(2)48-29-47-30)40(54)50-24-20-41(3,21-25-50)51-22-18-36(19-23-51)52(27-33-10-6-4-7-11-33)35-16-14-32(15-17-35)26-46-39(53)38(34-12-8-5-9-13-34)49-57(55,56)28-42(43,44)45/h4-17,29,36,38,49H,18-28H2,1-3H3,(H,46,53). The van der Waals surface area contributed by atoms with E-state index in [9.17, 15) is 31.2 Å². The molecule has 15 heteroatoms. The lowest BCUT2D eigenvalue weighted by atomic mass is 9.85. The summed E-state index contributed by atoms with van der Waals surface area (Å²) < 4.78 is 65.6. The fourth-order valence-electron chi connectivity index (χ4n) is 7.95. The van der Waals surface area contributed by atoms with Gasteiger partial charge in [0.1, 0.15) is 12.4 Å². The Labute approximate surface area is 332 Å². The third-order valence-electron chi connectivity index (χ3n) is 11.2. The van der Waals surface area contributed by atoms with Crippen molar-refractivity contribution < 1.29 is 31.2 Å². The van der Waals surface area contributed by atoms with Gasteiger partial charge in [0, 0.05) is 56.5 Å². The molecule has 1 aromatic heterocycles.